The van der Waals surface area contributed by atoms with Crippen molar-refractivity contribution in [2.45, 2.75) is 26.2 Å². The number of halogens is 6. The van der Waals surface area contributed by atoms with E-state index in [-0.39, 0.29) is 25.3 Å². The monoisotopic (exact) mass is 362 g/mol. The van der Waals surface area contributed by atoms with E-state index in [9.17, 15) is 26.3 Å². The second kappa shape index (κ2) is 8.43. The molecule has 0 bridgehead atoms. The van der Waals surface area contributed by atoms with Crippen LogP contribution in [0.25, 0.3) is 0 Å². The van der Waals surface area contributed by atoms with E-state index in [4.69, 9.17) is 18.9 Å². The van der Waals surface area contributed by atoms with Crippen LogP contribution in [0.3, 0.4) is 0 Å². The second-order valence-electron chi connectivity index (χ2n) is 4.35. The van der Waals surface area contributed by atoms with Crippen molar-refractivity contribution < 1.29 is 45.3 Å². The molecule has 0 spiro atoms. The summed E-state index contributed by atoms with van der Waals surface area (Å²) >= 11 is 0. The standard InChI is InChI=1S/C14H16F6O4/c1-3-21-7-23-11-5-10(14(18,19)20)12(24-8-22-4-2)6-9(11)13(15,16)17/h5-6H,3-4,7-8H2,1-2H3. The van der Waals surface area contributed by atoms with Crippen LogP contribution in [-0.4, -0.2) is 26.8 Å². The van der Waals surface area contributed by atoms with Gasteiger partial charge in [-0.15, -0.1) is 0 Å². The third-order valence-electron chi connectivity index (χ3n) is 2.70. The van der Waals surface area contributed by atoms with Crippen LogP contribution < -0.4 is 9.47 Å². The zero-order valence-electron chi connectivity index (χ0n) is 12.9. The summed E-state index contributed by atoms with van der Waals surface area (Å²) in [7, 11) is 0. The minimum absolute atomic E-state index is 0.128. The van der Waals surface area contributed by atoms with Crippen molar-refractivity contribution in [1.29, 1.82) is 0 Å². The highest BCUT2D eigenvalue weighted by Crippen LogP contribution is 2.45. The summed E-state index contributed by atoms with van der Waals surface area (Å²) in [5.41, 5.74) is -2.80. The summed E-state index contributed by atoms with van der Waals surface area (Å²) in [5.74, 6) is -1.99. The molecule has 0 saturated carbocycles. The minimum atomic E-state index is -4.94. The lowest BCUT2D eigenvalue weighted by Gasteiger charge is -2.20. The minimum Gasteiger partial charge on any atom is -0.467 e. The van der Waals surface area contributed by atoms with E-state index in [1.807, 2.05) is 0 Å². The topological polar surface area (TPSA) is 36.9 Å². The molecular formula is C14H16F6O4. The van der Waals surface area contributed by atoms with Gasteiger partial charge in [-0.2, -0.15) is 26.3 Å². The lowest BCUT2D eigenvalue weighted by Crippen LogP contribution is -2.16. The normalized spacial score (nSPS) is 12.3. The maximum absolute atomic E-state index is 13.1. The van der Waals surface area contributed by atoms with Crippen LogP contribution >= 0.6 is 0 Å². The van der Waals surface area contributed by atoms with E-state index in [0.29, 0.717) is 0 Å². The highest BCUT2D eigenvalue weighted by molar-refractivity contribution is 5.49. The third kappa shape index (κ3) is 5.75. The van der Waals surface area contributed by atoms with E-state index >= 15 is 0 Å². The average molecular weight is 362 g/mol. The molecule has 10 heteroatoms. The fourth-order valence-electron chi connectivity index (χ4n) is 1.62. The number of rotatable bonds is 8. The summed E-state index contributed by atoms with van der Waals surface area (Å²) < 4.78 is 97.2. The van der Waals surface area contributed by atoms with Gasteiger partial charge >= 0.3 is 12.4 Å². The Hall–Kier alpha value is -1.68. The van der Waals surface area contributed by atoms with Gasteiger partial charge in [-0.3, -0.25) is 0 Å². The van der Waals surface area contributed by atoms with Crippen molar-refractivity contribution in [2.24, 2.45) is 0 Å². The van der Waals surface area contributed by atoms with Gasteiger partial charge in [0, 0.05) is 13.2 Å². The first-order chi connectivity index (χ1) is 11.1. The molecule has 0 unspecified atom stereocenters. The maximum Gasteiger partial charge on any atom is 0.420 e. The lowest BCUT2D eigenvalue weighted by atomic mass is 10.1. The zero-order chi connectivity index (χ0) is 18.4. The number of ether oxygens (including phenoxy) is 4. The second-order valence-corrected chi connectivity index (χ2v) is 4.35. The molecule has 4 nitrogen and oxygen atoms in total. The predicted molar refractivity (Wildman–Crippen MR) is 70.7 cm³/mol. The van der Waals surface area contributed by atoms with Gasteiger partial charge in [-0.05, 0) is 26.0 Å². The first-order valence-corrected chi connectivity index (χ1v) is 6.84. The summed E-state index contributed by atoms with van der Waals surface area (Å²) in [5, 5.41) is 0. The fraction of sp³-hybridized carbons (Fsp3) is 0.571. The molecule has 24 heavy (non-hydrogen) atoms. The van der Waals surface area contributed by atoms with Crippen molar-refractivity contribution >= 4 is 0 Å². The average Bonchev–Trinajstić information content (AvgIpc) is 2.46. The molecule has 0 aliphatic rings. The van der Waals surface area contributed by atoms with Crippen LogP contribution in [0, 0.1) is 0 Å². The summed E-state index contributed by atoms with van der Waals surface area (Å²) in [4.78, 5) is 0. The molecule has 1 aromatic rings. The maximum atomic E-state index is 13.1. The number of hydrogen-bond donors (Lipinski definition) is 0. The molecule has 0 radical (unpaired) electrons. The number of benzene rings is 1. The van der Waals surface area contributed by atoms with Gasteiger partial charge < -0.3 is 18.9 Å². The molecule has 138 valence electrons. The van der Waals surface area contributed by atoms with Crippen molar-refractivity contribution in [1.82, 2.24) is 0 Å². The summed E-state index contributed by atoms with van der Waals surface area (Å²) in [6, 6.07) is 0.478. The van der Waals surface area contributed by atoms with E-state index in [1.54, 1.807) is 13.8 Å². The van der Waals surface area contributed by atoms with Gasteiger partial charge in [-0.1, -0.05) is 0 Å². The number of alkyl halides is 6. The lowest BCUT2D eigenvalue weighted by molar-refractivity contribution is -0.145. The molecule has 0 saturated heterocycles. The van der Waals surface area contributed by atoms with E-state index in [1.165, 1.54) is 0 Å². The Morgan fingerprint density at radius 1 is 0.708 bits per heavy atom. The fourth-order valence-corrected chi connectivity index (χ4v) is 1.62. The highest BCUT2D eigenvalue weighted by atomic mass is 19.4. The Bertz CT molecular complexity index is 479. The van der Waals surface area contributed by atoms with Gasteiger partial charge in [0.15, 0.2) is 13.6 Å². The van der Waals surface area contributed by atoms with Crippen LogP contribution in [0.1, 0.15) is 25.0 Å². The van der Waals surface area contributed by atoms with Crippen molar-refractivity contribution in [3.63, 3.8) is 0 Å². The van der Waals surface area contributed by atoms with Crippen molar-refractivity contribution in [3.8, 4) is 11.5 Å². The molecule has 0 aliphatic carbocycles. The Kier molecular flexibility index (Phi) is 7.15. The Morgan fingerprint density at radius 2 is 1.04 bits per heavy atom. The molecule has 0 fully saturated rings. The molecule has 0 aliphatic heterocycles. The molecule has 0 aromatic heterocycles. The molecule has 0 N–H and O–H groups in total. The Balaban J connectivity index is 3.31. The van der Waals surface area contributed by atoms with Crippen molar-refractivity contribution in [2.75, 3.05) is 26.8 Å². The zero-order valence-corrected chi connectivity index (χ0v) is 12.9. The third-order valence-corrected chi connectivity index (χ3v) is 2.70. The van der Waals surface area contributed by atoms with E-state index < -0.39 is 48.6 Å². The SMILES string of the molecule is CCOCOc1cc(C(F)(F)F)c(OCOCC)cc1C(F)(F)F. The first-order valence-electron chi connectivity index (χ1n) is 6.84. The summed E-state index contributed by atoms with van der Waals surface area (Å²) in [6.07, 6.45) is -9.87. The first kappa shape index (κ1) is 20.4. The molecule has 1 rings (SSSR count). The smallest absolute Gasteiger partial charge is 0.420 e. The van der Waals surface area contributed by atoms with Gasteiger partial charge in [-0.25, -0.2) is 0 Å². The molecule has 1 aromatic carbocycles. The highest BCUT2D eigenvalue weighted by Gasteiger charge is 2.41. The van der Waals surface area contributed by atoms with Gasteiger partial charge in [0.05, 0.1) is 0 Å². The van der Waals surface area contributed by atoms with Crippen molar-refractivity contribution in [3.05, 3.63) is 23.3 Å². The van der Waals surface area contributed by atoms with Crippen LogP contribution in [0.5, 0.6) is 11.5 Å². The molecular weight excluding hydrogens is 346 g/mol. The van der Waals surface area contributed by atoms with Gasteiger partial charge in [0.25, 0.3) is 0 Å². The van der Waals surface area contributed by atoms with E-state index in [0.717, 1.165) is 0 Å². The van der Waals surface area contributed by atoms with Crippen LogP contribution in [0.15, 0.2) is 12.1 Å². The van der Waals surface area contributed by atoms with E-state index in [2.05, 4.69) is 0 Å². The van der Waals surface area contributed by atoms with Gasteiger partial charge in [0.2, 0.25) is 0 Å². The molecule has 0 atom stereocenters. The summed E-state index contributed by atoms with van der Waals surface area (Å²) in [6.45, 7) is 2.14. The van der Waals surface area contributed by atoms with Crippen LogP contribution in [0.2, 0.25) is 0 Å². The number of hydrogen-bond acceptors (Lipinski definition) is 4. The molecule has 0 heterocycles. The largest absolute Gasteiger partial charge is 0.467 e. The Morgan fingerprint density at radius 3 is 1.29 bits per heavy atom. The Labute approximate surface area is 134 Å². The molecule has 0 amide bonds. The predicted octanol–water partition coefficient (Wildman–Crippen LogP) is 4.47. The van der Waals surface area contributed by atoms with Crippen LogP contribution in [0.4, 0.5) is 26.3 Å². The quantitative estimate of drug-likeness (QED) is 0.388. The van der Waals surface area contributed by atoms with Gasteiger partial charge in [0.1, 0.15) is 22.6 Å². The van der Waals surface area contributed by atoms with Crippen LogP contribution in [-0.2, 0) is 21.8 Å².